The van der Waals surface area contributed by atoms with E-state index in [-0.39, 0.29) is 23.2 Å². The van der Waals surface area contributed by atoms with Gasteiger partial charge in [0.2, 0.25) is 0 Å². The largest absolute Gasteiger partial charge is 0.396 e. The van der Waals surface area contributed by atoms with Gasteiger partial charge in [-0.05, 0) is 18.1 Å². The molecule has 1 unspecified atom stereocenters. The minimum absolute atomic E-state index is 0.0562. The molecule has 4 nitrogen and oxygen atoms in total. The van der Waals surface area contributed by atoms with E-state index in [0.29, 0.717) is 10.6 Å². The topological polar surface area (TPSA) is 63.4 Å². The number of halogens is 1. The van der Waals surface area contributed by atoms with Gasteiger partial charge in [0.1, 0.15) is 5.02 Å². The molecule has 6 heteroatoms. The molecule has 0 saturated carbocycles. The Labute approximate surface area is 103 Å². The maximum Gasteiger partial charge on any atom is 0.301 e. The molecular formula is C10H12ClNO3S. The van der Waals surface area contributed by atoms with E-state index in [1.165, 1.54) is 17.8 Å². The standard InChI is InChI=1S/C10H12ClNO3S/c1-7(5-13)6-16-9-4-2-3-8(11)10(9)12(14)15/h2-4,7,13H,5-6H2,1H3. The summed E-state index contributed by atoms with van der Waals surface area (Å²) in [5.41, 5.74) is -0.0562. The first-order chi connectivity index (χ1) is 7.56. The zero-order valence-electron chi connectivity index (χ0n) is 8.72. The third-order valence-electron chi connectivity index (χ3n) is 1.97. The highest BCUT2D eigenvalue weighted by molar-refractivity contribution is 7.99. The van der Waals surface area contributed by atoms with Crippen molar-refractivity contribution in [3.05, 3.63) is 33.3 Å². The molecule has 1 aromatic rings. The predicted molar refractivity (Wildman–Crippen MR) is 65.1 cm³/mol. The van der Waals surface area contributed by atoms with E-state index < -0.39 is 4.92 Å². The second kappa shape index (κ2) is 6.08. The Morgan fingerprint density at radius 3 is 2.88 bits per heavy atom. The number of para-hydroxylation sites is 1. The molecule has 0 heterocycles. The van der Waals surface area contributed by atoms with Crippen LogP contribution in [-0.4, -0.2) is 22.4 Å². The lowest BCUT2D eigenvalue weighted by atomic mass is 10.2. The Hall–Kier alpha value is -0.780. The quantitative estimate of drug-likeness (QED) is 0.503. The number of thioether (sulfide) groups is 1. The number of nitrogens with zero attached hydrogens (tertiary/aromatic N) is 1. The molecular weight excluding hydrogens is 250 g/mol. The first-order valence-electron chi connectivity index (χ1n) is 4.72. The number of nitro groups is 1. The van der Waals surface area contributed by atoms with Crippen molar-refractivity contribution in [3.63, 3.8) is 0 Å². The van der Waals surface area contributed by atoms with Gasteiger partial charge in [0.05, 0.1) is 9.82 Å². The molecule has 0 aliphatic carbocycles. The molecule has 0 radical (unpaired) electrons. The first kappa shape index (κ1) is 13.3. The van der Waals surface area contributed by atoms with Crippen LogP contribution >= 0.6 is 23.4 Å². The lowest BCUT2D eigenvalue weighted by molar-refractivity contribution is -0.387. The lowest BCUT2D eigenvalue weighted by Gasteiger charge is -2.07. The predicted octanol–water partition coefficient (Wildman–Crippen LogP) is 2.97. The summed E-state index contributed by atoms with van der Waals surface area (Å²) in [7, 11) is 0. The second-order valence-corrected chi connectivity index (χ2v) is 4.91. The summed E-state index contributed by atoms with van der Waals surface area (Å²) in [6.45, 7) is 1.95. The van der Waals surface area contributed by atoms with Crippen molar-refractivity contribution in [2.45, 2.75) is 11.8 Å². The van der Waals surface area contributed by atoms with Gasteiger partial charge in [-0.1, -0.05) is 24.6 Å². The van der Waals surface area contributed by atoms with E-state index in [2.05, 4.69) is 0 Å². The Morgan fingerprint density at radius 2 is 2.31 bits per heavy atom. The van der Waals surface area contributed by atoms with Gasteiger partial charge in [-0.3, -0.25) is 10.1 Å². The van der Waals surface area contributed by atoms with Gasteiger partial charge in [0.15, 0.2) is 0 Å². The molecule has 0 amide bonds. The normalized spacial score (nSPS) is 12.4. The Morgan fingerprint density at radius 1 is 1.62 bits per heavy atom. The highest BCUT2D eigenvalue weighted by atomic mass is 35.5. The molecule has 0 aliphatic heterocycles. The first-order valence-corrected chi connectivity index (χ1v) is 6.09. The number of rotatable bonds is 5. The van der Waals surface area contributed by atoms with Crippen LogP contribution in [-0.2, 0) is 0 Å². The molecule has 0 aliphatic rings. The highest BCUT2D eigenvalue weighted by Gasteiger charge is 2.18. The third kappa shape index (κ3) is 3.37. The molecule has 0 bridgehead atoms. The van der Waals surface area contributed by atoms with Crippen molar-refractivity contribution in [3.8, 4) is 0 Å². The molecule has 1 rings (SSSR count). The average molecular weight is 262 g/mol. The fraction of sp³-hybridized carbons (Fsp3) is 0.400. The van der Waals surface area contributed by atoms with Crippen LogP contribution in [0.2, 0.25) is 5.02 Å². The Balaban J connectivity index is 2.87. The number of hydrogen-bond acceptors (Lipinski definition) is 4. The molecule has 0 saturated heterocycles. The minimum Gasteiger partial charge on any atom is -0.396 e. The van der Waals surface area contributed by atoms with E-state index in [0.717, 1.165) is 0 Å². The summed E-state index contributed by atoms with van der Waals surface area (Å²) in [4.78, 5) is 10.9. The van der Waals surface area contributed by atoms with Crippen LogP contribution < -0.4 is 0 Å². The van der Waals surface area contributed by atoms with Gasteiger partial charge in [0.25, 0.3) is 0 Å². The lowest BCUT2D eigenvalue weighted by Crippen LogP contribution is -2.03. The number of aliphatic hydroxyl groups excluding tert-OH is 1. The molecule has 0 aromatic heterocycles. The summed E-state index contributed by atoms with van der Waals surface area (Å²) in [6.07, 6.45) is 0. The molecule has 0 fully saturated rings. The number of nitro benzene ring substituents is 1. The van der Waals surface area contributed by atoms with Gasteiger partial charge in [0, 0.05) is 12.4 Å². The van der Waals surface area contributed by atoms with Gasteiger partial charge < -0.3 is 5.11 Å². The van der Waals surface area contributed by atoms with Crippen LogP contribution in [0.25, 0.3) is 0 Å². The SMILES string of the molecule is CC(CO)CSc1cccc(Cl)c1[N+](=O)[O-]. The summed E-state index contributed by atoms with van der Waals surface area (Å²) < 4.78 is 0. The molecule has 1 atom stereocenters. The molecule has 0 spiro atoms. The zero-order valence-corrected chi connectivity index (χ0v) is 10.3. The van der Waals surface area contributed by atoms with Crippen LogP contribution in [0.1, 0.15) is 6.92 Å². The summed E-state index contributed by atoms with van der Waals surface area (Å²) in [5.74, 6) is 0.723. The van der Waals surface area contributed by atoms with E-state index in [9.17, 15) is 10.1 Å². The summed E-state index contributed by atoms with van der Waals surface area (Å²) >= 11 is 7.11. The summed E-state index contributed by atoms with van der Waals surface area (Å²) in [6, 6.07) is 4.85. The van der Waals surface area contributed by atoms with Crippen LogP contribution in [0.4, 0.5) is 5.69 Å². The smallest absolute Gasteiger partial charge is 0.301 e. The van der Waals surface area contributed by atoms with E-state index in [1.54, 1.807) is 12.1 Å². The van der Waals surface area contributed by atoms with Crippen LogP contribution in [0.15, 0.2) is 23.1 Å². The van der Waals surface area contributed by atoms with Crippen molar-refractivity contribution in [2.24, 2.45) is 5.92 Å². The van der Waals surface area contributed by atoms with Crippen molar-refractivity contribution in [1.82, 2.24) is 0 Å². The maximum atomic E-state index is 10.8. The average Bonchev–Trinajstić information content (AvgIpc) is 2.25. The van der Waals surface area contributed by atoms with Crippen molar-refractivity contribution in [1.29, 1.82) is 0 Å². The maximum absolute atomic E-state index is 10.8. The number of hydrogen-bond donors (Lipinski definition) is 1. The van der Waals surface area contributed by atoms with Crippen molar-refractivity contribution < 1.29 is 10.0 Å². The Kier molecular flexibility index (Phi) is 5.05. The van der Waals surface area contributed by atoms with Crippen LogP contribution in [0.3, 0.4) is 0 Å². The Bertz CT molecular complexity index is 386. The third-order valence-corrected chi connectivity index (χ3v) is 3.65. The van der Waals surface area contributed by atoms with Crippen molar-refractivity contribution >= 4 is 29.1 Å². The summed E-state index contributed by atoms with van der Waals surface area (Å²) in [5, 5.41) is 19.8. The van der Waals surface area contributed by atoms with Gasteiger partial charge in [-0.2, -0.15) is 0 Å². The highest BCUT2D eigenvalue weighted by Crippen LogP contribution is 2.35. The monoisotopic (exact) mass is 261 g/mol. The zero-order chi connectivity index (χ0) is 12.1. The van der Waals surface area contributed by atoms with Crippen molar-refractivity contribution in [2.75, 3.05) is 12.4 Å². The number of aliphatic hydroxyl groups is 1. The molecule has 16 heavy (non-hydrogen) atoms. The number of benzene rings is 1. The fourth-order valence-corrected chi connectivity index (χ4v) is 2.44. The van der Waals surface area contributed by atoms with Crippen LogP contribution in [0, 0.1) is 16.0 Å². The van der Waals surface area contributed by atoms with Gasteiger partial charge in [-0.25, -0.2) is 0 Å². The minimum atomic E-state index is -0.478. The van der Waals surface area contributed by atoms with Gasteiger partial charge >= 0.3 is 5.69 Å². The molecule has 88 valence electrons. The van der Waals surface area contributed by atoms with Crippen LogP contribution in [0.5, 0.6) is 0 Å². The van der Waals surface area contributed by atoms with E-state index in [4.69, 9.17) is 16.7 Å². The molecule has 1 N–H and O–H groups in total. The van der Waals surface area contributed by atoms with E-state index >= 15 is 0 Å². The van der Waals surface area contributed by atoms with E-state index in [1.807, 2.05) is 6.92 Å². The molecule has 1 aromatic carbocycles. The van der Waals surface area contributed by atoms with Gasteiger partial charge in [-0.15, -0.1) is 11.8 Å². The second-order valence-electron chi connectivity index (χ2n) is 3.44. The fourth-order valence-electron chi connectivity index (χ4n) is 1.07.